The lowest BCUT2D eigenvalue weighted by Gasteiger charge is -2.19. The van der Waals surface area contributed by atoms with E-state index in [1.165, 1.54) is 7.11 Å². The van der Waals surface area contributed by atoms with E-state index in [2.05, 4.69) is 10.1 Å². The summed E-state index contributed by atoms with van der Waals surface area (Å²) in [6.07, 6.45) is -0.811. The number of para-hydroxylation sites is 1. The molecule has 0 spiro atoms. The molecule has 1 amide bonds. The lowest BCUT2D eigenvalue weighted by Crippen LogP contribution is -2.25. The Balaban J connectivity index is 1.70. The molecule has 0 bridgehead atoms. The zero-order valence-electron chi connectivity index (χ0n) is 15.9. The molecule has 0 aliphatic carbocycles. The zero-order valence-corrected chi connectivity index (χ0v) is 15.9. The molecular formula is C23H21NO5. The highest BCUT2D eigenvalue weighted by Gasteiger charge is 2.22. The van der Waals surface area contributed by atoms with Gasteiger partial charge in [-0.15, -0.1) is 0 Å². The minimum Gasteiger partial charge on any atom is -0.482 e. The molecule has 0 radical (unpaired) electrons. The van der Waals surface area contributed by atoms with Crippen LogP contribution in [-0.2, 0) is 14.3 Å². The van der Waals surface area contributed by atoms with Crippen molar-refractivity contribution in [2.75, 3.05) is 19.0 Å². The molecule has 3 aromatic rings. The Morgan fingerprint density at radius 3 is 2.07 bits per heavy atom. The first-order valence-electron chi connectivity index (χ1n) is 9.03. The minimum atomic E-state index is -0.811. The molecule has 1 N–H and O–H groups in total. The Morgan fingerprint density at radius 1 is 0.828 bits per heavy atom. The lowest BCUT2D eigenvalue weighted by molar-refractivity contribution is -0.142. The Kier molecular flexibility index (Phi) is 6.84. The summed E-state index contributed by atoms with van der Waals surface area (Å²) in [4.78, 5) is 24.1. The molecule has 0 saturated carbocycles. The van der Waals surface area contributed by atoms with Gasteiger partial charge in [0.2, 0.25) is 6.10 Å². The van der Waals surface area contributed by atoms with Crippen molar-refractivity contribution in [3.63, 3.8) is 0 Å². The van der Waals surface area contributed by atoms with E-state index in [0.29, 0.717) is 17.2 Å². The fourth-order valence-corrected chi connectivity index (χ4v) is 2.58. The van der Waals surface area contributed by atoms with Gasteiger partial charge in [0.15, 0.2) is 6.61 Å². The highest BCUT2D eigenvalue weighted by Crippen LogP contribution is 2.24. The molecular weight excluding hydrogens is 370 g/mol. The zero-order chi connectivity index (χ0) is 20.5. The van der Waals surface area contributed by atoms with E-state index in [1.807, 2.05) is 48.5 Å². The molecule has 1 unspecified atom stereocenters. The van der Waals surface area contributed by atoms with Crippen molar-refractivity contribution in [1.29, 1.82) is 0 Å². The summed E-state index contributed by atoms with van der Waals surface area (Å²) >= 11 is 0. The van der Waals surface area contributed by atoms with Crippen molar-refractivity contribution in [2.24, 2.45) is 0 Å². The number of hydrogen-bond acceptors (Lipinski definition) is 5. The van der Waals surface area contributed by atoms with E-state index < -0.39 is 12.1 Å². The van der Waals surface area contributed by atoms with Gasteiger partial charge in [-0.05, 0) is 36.4 Å². The molecule has 0 heterocycles. The fraction of sp³-hybridized carbons (Fsp3) is 0.130. The molecule has 6 heteroatoms. The first kappa shape index (κ1) is 19.9. The Bertz CT molecular complexity index is 927. The summed E-state index contributed by atoms with van der Waals surface area (Å²) in [5.41, 5.74) is 1.32. The molecule has 3 aromatic carbocycles. The maximum absolute atomic E-state index is 12.9. The smallest absolute Gasteiger partial charge is 0.343 e. The van der Waals surface area contributed by atoms with Crippen LogP contribution in [0.4, 0.5) is 5.69 Å². The first-order valence-corrected chi connectivity index (χ1v) is 9.03. The second-order valence-corrected chi connectivity index (χ2v) is 6.10. The summed E-state index contributed by atoms with van der Waals surface area (Å²) in [7, 11) is 1.30. The van der Waals surface area contributed by atoms with E-state index in [0.717, 1.165) is 5.56 Å². The maximum atomic E-state index is 12.9. The van der Waals surface area contributed by atoms with E-state index in [1.54, 1.807) is 36.4 Å². The molecule has 29 heavy (non-hydrogen) atoms. The summed E-state index contributed by atoms with van der Waals surface area (Å²) in [6.45, 7) is -0.177. The summed E-state index contributed by atoms with van der Waals surface area (Å²) < 4.78 is 15.8. The van der Waals surface area contributed by atoms with Crippen LogP contribution in [0.3, 0.4) is 0 Å². The number of hydrogen-bond donors (Lipinski definition) is 1. The third-order valence-electron chi connectivity index (χ3n) is 4.04. The number of amides is 1. The van der Waals surface area contributed by atoms with Gasteiger partial charge in [-0.3, -0.25) is 4.79 Å². The fourth-order valence-electron chi connectivity index (χ4n) is 2.58. The average Bonchev–Trinajstić information content (AvgIpc) is 2.78. The van der Waals surface area contributed by atoms with Crippen LogP contribution in [0.1, 0.15) is 11.7 Å². The largest absolute Gasteiger partial charge is 0.482 e. The van der Waals surface area contributed by atoms with Gasteiger partial charge in [-0.25, -0.2) is 4.79 Å². The number of esters is 1. The molecule has 148 valence electrons. The number of benzene rings is 3. The minimum absolute atomic E-state index is 0.177. The van der Waals surface area contributed by atoms with Crippen molar-refractivity contribution < 1.29 is 23.8 Å². The molecule has 1 atom stereocenters. The topological polar surface area (TPSA) is 73.9 Å². The number of rotatable bonds is 8. The normalized spacial score (nSPS) is 11.2. The number of anilines is 1. The predicted octanol–water partition coefficient (Wildman–Crippen LogP) is 4.00. The average molecular weight is 391 g/mol. The van der Waals surface area contributed by atoms with Crippen LogP contribution in [0.15, 0.2) is 84.9 Å². The highest BCUT2D eigenvalue weighted by molar-refractivity contribution is 5.95. The predicted molar refractivity (Wildman–Crippen MR) is 109 cm³/mol. The van der Waals surface area contributed by atoms with Gasteiger partial charge in [0.25, 0.3) is 5.91 Å². The van der Waals surface area contributed by atoms with Gasteiger partial charge in [0.05, 0.1) is 7.11 Å². The molecule has 0 aliphatic heterocycles. The van der Waals surface area contributed by atoms with Crippen LogP contribution in [0.5, 0.6) is 11.5 Å². The van der Waals surface area contributed by atoms with Crippen molar-refractivity contribution in [3.8, 4) is 11.5 Å². The van der Waals surface area contributed by atoms with Crippen LogP contribution in [0.2, 0.25) is 0 Å². The van der Waals surface area contributed by atoms with Crippen LogP contribution >= 0.6 is 0 Å². The number of carbonyl (C=O) groups is 2. The monoisotopic (exact) mass is 391 g/mol. The van der Waals surface area contributed by atoms with Crippen molar-refractivity contribution >= 4 is 17.6 Å². The second-order valence-electron chi connectivity index (χ2n) is 6.10. The summed E-state index contributed by atoms with van der Waals surface area (Å²) in [5, 5.41) is 2.85. The highest BCUT2D eigenvalue weighted by atomic mass is 16.6. The Hall–Kier alpha value is -3.80. The third kappa shape index (κ3) is 5.84. The molecule has 0 aliphatic rings. The third-order valence-corrected chi connectivity index (χ3v) is 4.04. The van der Waals surface area contributed by atoms with E-state index in [9.17, 15) is 9.59 Å². The number of nitrogens with one attached hydrogen (secondary N) is 1. The van der Waals surface area contributed by atoms with Crippen molar-refractivity contribution in [2.45, 2.75) is 6.10 Å². The summed E-state index contributed by atoms with van der Waals surface area (Å²) in [6, 6.07) is 25.2. The Labute approximate surface area is 169 Å². The quantitative estimate of drug-likeness (QED) is 0.588. The van der Waals surface area contributed by atoms with Crippen LogP contribution < -0.4 is 14.8 Å². The standard InChI is InChI=1S/C23H21NO5/c1-27-21(25)16-28-19-14-12-18(13-15-19)24-23(26)22(17-8-4-2-5-9-17)29-20-10-6-3-7-11-20/h2-15,22H,16H2,1H3,(H,24,26). The van der Waals surface area contributed by atoms with Gasteiger partial charge in [0.1, 0.15) is 11.5 Å². The lowest BCUT2D eigenvalue weighted by atomic mass is 10.1. The number of carbonyl (C=O) groups excluding carboxylic acids is 2. The molecule has 0 fully saturated rings. The number of methoxy groups -OCH3 is 1. The van der Waals surface area contributed by atoms with Crippen molar-refractivity contribution in [3.05, 3.63) is 90.5 Å². The molecule has 0 aromatic heterocycles. The van der Waals surface area contributed by atoms with Gasteiger partial charge in [-0.1, -0.05) is 48.5 Å². The summed E-state index contributed by atoms with van der Waals surface area (Å²) in [5.74, 6) is 0.325. The molecule has 0 saturated heterocycles. The number of ether oxygens (including phenoxy) is 3. The first-order chi connectivity index (χ1) is 14.2. The molecule has 6 nitrogen and oxygen atoms in total. The van der Waals surface area contributed by atoms with Gasteiger partial charge >= 0.3 is 5.97 Å². The van der Waals surface area contributed by atoms with Gasteiger partial charge in [-0.2, -0.15) is 0 Å². The van der Waals surface area contributed by atoms with Crippen LogP contribution in [0, 0.1) is 0 Å². The van der Waals surface area contributed by atoms with Crippen LogP contribution in [0.25, 0.3) is 0 Å². The van der Waals surface area contributed by atoms with E-state index >= 15 is 0 Å². The van der Waals surface area contributed by atoms with E-state index in [-0.39, 0.29) is 12.5 Å². The SMILES string of the molecule is COC(=O)COc1ccc(NC(=O)C(Oc2ccccc2)c2ccccc2)cc1. The van der Waals surface area contributed by atoms with Gasteiger partial charge in [0, 0.05) is 11.3 Å². The van der Waals surface area contributed by atoms with E-state index in [4.69, 9.17) is 9.47 Å². The van der Waals surface area contributed by atoms with Crippen molar-refractivity contribution in [1.82, 2.24) is 0 Å². The van der Waals surface area contributed by atoms with Crippen LogP contribution in [-0.4, -0.2) is 25.6 Å². The molecule has 3 rings (SSSR count). The Morgan fingerprint density at radius 2 is 1.45 bits per heavy atom. The van der Waals surface area contributed by atoms with Gasteiger partial charge < -0.3 is 19.5 Å². The second kappa shape index (κ2) is 9.94. The maximum Gasteiger partial charge on any atom is 0.343 e.